The minimum atomic E-state index is -0.437. The van der Waals surface area contributed by atoms with E-state index in [0.717, 1.165) is 49.4 Å². The summed E-state index contributed by atoms with van der Waals surface area (Å²) in [4.78, 5) is 17.5. The zero-order valence-corrected chi connectivity index (χ0v) is 19.3. The Morgan fingerprint density at radius 2 is 1.91 bits per heavy atom. The molecule has 1 aliphatic heterocycles. The molecule has 34 heavy (non-hydrogen) atoms. The average Bonchev–Trinajstić information content (AvgIpc) is 3.23. The Hall–Kier alpha value is -3.56. The number of hydrogen-bond acceptors (Lipinski definition) is 8. The van der Waals surface area contributed by atoms with Gasteiger partial charge in [0.25, 0.3) is 0 Å². The summed E-state index contributed by atoms with van der Waals surface area (Å²) >= 11 is 0. The van der Waals surface area contributed by atoms with Crippen molar-refractivity contribution in [2.45, 2.75) is 20.0 Å². The lowest BCUT2D eigenvalue weighted by Crippen LogP contribution is -2.44. The highest BCUT2D eigenvalue weighted by molar-refractivity contribution is 5.66. The quantitative estimate of drug-likeness (QED) is 0.573. The van der Waals surface area contributed by atoms with Crippen LogP contribution < -0.4 is 15.0 Å². The highest BCUT2D eigenvalue weighted by Gasteiger charge is 2.21. The molecule has 8 nitrogen and oxygen atoms in total. The van der Waals surface area contributed by atoms with Crippen LogP contribution in [0.25, 0.3) is 6.08 Å². The molecule has 0 saturated carbocycles. The van der Waals surface area contributed by atoms with Crippen LogP contribution in [0.3, 0.4) is 0 Å². The monoisotopic (exact) mass is 462 g/mol. The summed E-state index contributed by atoms with van der Waals surface area (Å²) in [5.41, 5.74) is 3.95. The average molecular weight is 463 g/mol. The van der Waals surface area contributed by atoms with E-state index in [1.54, 1.807) is 6.07 Å². The Bertz CT molecular complexity index is 1220. The number of aliphatic hydroxyl groups excluding tert-OH is 1. The number of fused-ring (bicyclic) bond motifs is 1. The van der Waals surface area contributed by atoms with Crippen molar-refractivity contribution in [2.24, 2.45) is 0 Å². The van der Waals surface area contributed by atoms with Gasteiger partial charge >= 0.3 is 0 Å². The third-order valence-electron chi connectivity index (χ3n) is 6.23. The summed E-state index contributed by atoms with van der Waals surface area (Å²) in [6, 6.07) is 7.32. The Morgan fingerprint density at radius 1 is 1.09 bits per heavy atom. The Kier molecular flexibility index (Phi) is 6.12. The van der Waals surface area contributed by atoms with E-state index in [1.165, 1.54) is 6.33 Å². The molecule has 3 heterocycles. The number of benzene rings is 1. The molecule has 2 aliphatic rings. The van der Waals surface area contributed by atoms with Crippen molar-refractivity contribution in [1.29, 1.82) is 0 Å². The molecule has 176 valence electrons. The van der Waals surface area contributed by atoms with E-state index in [2.05, 4.69) is 37.1 Å². The summed E-state index contributed by atoms with van der Waals surface area (Å²) in [6.45, 7) is 5.54. The van der Waals surface area contributed by atoms with Crippen LogP contribution in [-0.4, -0.2) is 58.2 Å². The second-order valence-electron chi connectivity index (χ2n) is 8.70. The molecule has 1 aromatic carbocycles. The molecule has 2 N–H and O–H groups in total. The SMILES string of the molecule is CC1=Cc2c(ccc(Oc3ncnc(Nc4ccc(N5CCN(C)CC5)cn4)c3CO)c2F)C1. The van der Waals surface area contributed by atoms with E-state index in [0.29, 0.717) is 22.8 Å². The number of anilines is 3. The van der Waals surface area contributed by atoms with Gasteiger partial charge in [0.15, 0.2) is 11.6 Å². The van der Waals surface area contributed by atoms with E-state index in [4.69, 9.17) is 4.74 Å². The molecule has 9 heteroatoms. The number of ether oxygens (including phenoxy) is 1. The van der Waals surface area contributed by atoms with Crippen LogP contribution in [0.1, 0.15) is 23.6 Å². The molecule has 1 saturated heterocycles. The van der Waals surface area contributed by atoms with Crippen molar-refractivity contribution < 1.29 is 14.2 Å². The van der Waals surface area contributed by atoms with Gasteiger partial charge < -0.3 is 25.0 Å². The van der Waals surface area contributed by atoms with Crippen molar-refractivity contribution in [2.75, 3.05) is 43.4 Å². The number of rotatable bonds is 6. The fraction of sp³-hybridized carbons (Fsp3) is 0.320. The summed E-state index contributed by atoms with van der Waals surface area (Å²) in [5.74, 6) is 0.629. The smallest absolute Gasteiger partial charge is 0.230 e. The lowest BCUT2D eigenvalue weighted by Gasteiger charge is -2.33. The maximum Gasteiger partial charge on any atom is 0.230 e. The first-order valence-electron chi connectivity index (χ1n) is 11.3. The Labute approximate surface area is 197 Å². The van der Waals surface area contributed by atoms with Crippen molar-refractivity contribution in [3.63, 3.8) is 0 Å². The topological polar surface area (TPSA) is 86.6 Å². The lowest BCUT2D eigenvalue weighted by atomic mass is 10.1. The first-order valence-corrected chi connectivity index (χ1v) is 11.3. The standard InChI is InChI=1S/C25H27FN6O2/c1-16-11-17-3-5-21(23(26)19(17)12-16)34-25-20(14-33)24(28-15-29-25)30-22-6-4-18(13-27-22)32-9-7-31(2)8-10-32/h3-6,12-13,15,33H,7-11,14H2,1-2H3,(H,27,28,29,30). The number of pyridine rings is 1. The summed E-state index contributed by atoms with van der Waals surface area (Å²) < 4.78 is 20.8. The first kappa shape index (κ1) is 22.2. The zero-order valence-electron chi connectivity index (χ0n) is 19.3. The number of aliphatic hydroxyl groups is 1. The van der Waals surface area contributed by atoms with E-state index in [9.17, 15) is 5.11 Å². The van der Waals surface area contributed by atoms with Gasteiger partial charge in [-0.25, -0.2) is 19.3 Å². The van der Waals surface area contributed by atoms with Crippen LogP contribution in [0.2, 0.25) is 0 Å². The minimum Gasteiger partial charge on any atom is -0.435 e. The van der Waals surface area contributed by atoms with Gasteiger partial charge in [-0.2, -0.15) is 0 Å². The third-order valence-corrected chi connectivity index (χ3v) is 6.23. The third kappa shape index (κ3) is 4.44. The maximum atomic E-state index is 15.0. The Balaban J connectivity index is 1.35. The molecule has 0 radical (unpaired) electrons. The molecule has 0 spiro atoms. The van der Waals surface area contributed by atoms with Crippen molar-refractivity contribution >= 4 is 23.4 Å². The van der Waals surface area contributed by atoms with Crippen molar-refractivity contribution in [3.05, 3.63) is 64.9 Å². The predicted molar refractivity (Wildman–Crippen MR) is 129 cm³/mol. The van der Waals surface area contributed by atoms with Gasteiger partial charge in [0.1, 0.15) is 18.0 Å². The van der Waals surface area contributed by atoms with Gasteiger partial charge in [0, 0.05) is 31.7 Å². The minimum absolute atomic E-state index is 0.0544. The second-order valence-corrected chi connectivity index (χ2v) is 8.70. The largest absolute Gasteiger partial charge is 0.435 e. The molecule has 3 aromatic rings. The van der Waals surface area contributed by atoms with Crippen LogP contribution in [-0.2, 0) is 13.0 Å². The highest BCUT2D eigenvalue weighted by Crippen LogP contribution is 2.35. The molecule has 5 rings (SSSR count). The molecule has 1 aliphatic carbocycles. The molecule has 0 atom stereocenters. The van der Waals surface area contributed by atoms with E-state index < -0.39 is 5.82 Å². The van der Waals surface area contributed by atoms with E-state index in [-0.39, 0.29) is 18.2 Å². The molecule has 1 fully saturated rings. The van der Waals surface area contributed by atoms with Gasteiger partial charge in [0.05, 0.1) is 24.1 Å². The summed E-state index contributed by atoms with van der Waals surface area (Å²) in [6.07, 6.45) is 5.69. The van der Waals surface area contributed by atoms with Crippen LogP contribution in [0, 0.1) is 5.82 Å². The van der Waals surface area contributed by atoms with Gasteiger partial charge in [-0.3, -0.25) is 0 Å². The number of halogens is 1. The van der Waals surface area contributed by atoms with Crippen LogP contribution in [0.4, 0.5) is 21.7 Å². The van der Waals surface area contributed by atoms with Gasteiger partial charge in [-0.15, -0.1) is 0 Å². The number of likely N-dealkylation sites (N-methyl/N-ethyl adjacent to an activating group) is 1. The van der Waals surface area contributed by atoms with Crippen molar-refractivity contribution in [1.82, 2.24) is 19.9 Å². The van der Waals surface area contributed by atoms with Gasteiger partial charge in [-0.1, -0.05) is 17.7 Å². The predicted octanol–water partition coefficient (Wildman–Crippen LogP) is 3.75. The first-order chi connectivity index (χ1) is 16.5. The van der Waals surface area contributed by atoms with E-state index in [1.807, 2.05) is 37.4 Å². The second kappa shape index (κ2) is 9.36. The number of hydrogen-bond donors (Lipinski definition) is 2. The highest BCUT2D eigenvalue weighted by atomic mass is 19.1. The number of nitrogens with one attached hydrogen (secondary N) is 1. The lowest BCUT2D eigenvalue weighted by molar-refractivity contribution is 0.274. The van der Waals surface area contributed by atoms with E-state index >= 15 is 4.39 Å². The Morgan fingerprint density at radius 3 is 2.65 bits per heavy atom. The van der Waals surface area contributed by atoms with Crippen LogP contribution in [0.15, 0.2) is 42.4 Å². The molecule has 2 aromatic heterocycles. The van der Waals surface area contributed by atoms with Crippen LogP contribution in [0.5, 0.6) is 11.6 Å². The zero-order chi connectivity index (χ0) is 23.7. The molecular weight excluding hydrogens is 435 g/mol. The van der Waals surface area contributed by atoms with Crippen LogP contribution >= 0.6 is 0 Å². The number of allylic oxidation sites excluding steroid dienone is 1. The number of aromatic nitrogens is 3. The van der Waals surface area contributed by atoms with Gasteiger partial charge in [0.2, 0.25) is 5.88 Å². The molecule has 0 amide bonds. The van der Waals surface area contributed by atoms with Crippen molar-refractivity contribution in [3.8, 4) is 11.6 Å². The van der Waals surface area contributed by atoms with Gasteiger partial charge in [-0.05, 0) is 44.2 Å². The normalized spacial score (nSPS) is 15.8. The molecule has 0 unspecified atom stereocenters. The molecular formula is C25H27FN6O2. The maximum absolute atomic E-state index is 15.0. The summed E-state index contributed by atoms with van der Waals surface area (Å²) in [7, 11) is 2.12. The number of piperazine rings is 1. The fourth-order valence-corrected chi connectivity index (χ4v) is 4.27. The number of nitrogens with zero attached hydrogens (tertiary/aromatic N) is 5. The molecule has 0 bridgehead atoms. The fourth-order valence-electron chi connectivity index (χ4n) is 4.27. The summed E-state index contributed by atoms with van der Waals surface area (Å²) in [5, 5.41) is 13.1.